The predicted octanol–water partition coefficient (Wildman–Crippen LogP) is 13.7. The normalized spacial score (nSPS) is 17.8. The Kier molecular flexibility index (Phi) is 7.09. The Labute approximate surface area is 354 Å². The largest absolute Gasteiger partial charge is 0.454 e. The van der Waals surface area contributed by atoms with Crippen LogP contribution in [0.5, 0.6) is 0 Å². The first-order chi connectivity index (χ1) is 28.8. The van der Waals surface area contributed by atoms with E-state index in [-0.39, 0.29) is 21.7 Å². The van der Waals surface area contributed by atoms with E-state index >= 15 is 0 Å². The Morgan fingerprint density at radius 2 is 1.22 bits per heavy atom. The van der Waals surface area contributed by atoms with Gasteiger partial charge >= 0.3 is 0 Å². The summed E-state index contributed by atoms with van der Waals surface area (Å²) in [5.74, 6) is 0. The highest BCUT2D eigenvalue weighted by molar-refractivity contribution is 6.74. The standard InChI is InChI=1S/C56H50BN2O/c1-53(2)28-29-54(3,4)42-30-32(24-25-38(42)53)58-44-27-26-40-47(34-17-9-11-18-37(34)55(40,5)6)48(44)36-31-35-33-16-10-14-23-46(33)60-52(35)51-49(36)57-43-21-15-20-41-50(43)59(51)45-22-13-12-19-39(45)56(41,7)8/h9-27,30-31,58H,28-29H2,1-8H3. The van der Waals surface area contributed by atoms with Gasteiger partial charge in [-0.15, -0.1) is 0 Å². The number of para-hydroxylation sites is 3. The molecule has 4 aliphatic rings. The molecule has 1 N–H and O–H groups in total. The third-order valence-electron chi connectivity index (χ3n) is 15.1. The van der Waals surface area contributed by atoms with Crippen LogP contribution in [0.2, 0.25) is 0 Å². The first-order valence-electron chi connectivity index (χ1n) is 21.8. The van der Waals surface area contributed by atoms with Crippen molar-refractivity contribution in [2.45, 2.75) is 89.9 Å². The van der Waals surface area contributed by atoms with Gasteiger partial charge < -0.3 is 14.6 Å². The molecule has 3 heterocycles. The quantitative estimate of drug-likeness (QED) is 0.181. The Morgan fingerprint density at radius 3 is 2.05 bits per heavy atom. The summed E-state index contributed by atoms with van der Waals surface area (Å²) in [5.41, 5.74) is 23.2. The molecule has 3 nitrogen and oxygen atoms in total. The monoisotopic (exact) mass is 777 g/mol. The van der Waals surface area contributed by atoms with Gasteiger partial charge in [-0.05, 0) is 116 Å². The highest BCUT2D eigenvalue weighted by Gasteiger charge is 2.44. The third-order valence-corrected chi connectivity index (χ3v) is 15.1. The summed E-state index contributed by atoms with van der Waals surface area (Å²) in [6.45, 7) is 19.2. The summed E-state index contributed by atoms with van der Waals surface area (Å²) >= 11 is 0. The first kappa shape index (κ1) is 35.9. The van der Waals surface area contributed by atoms with Crippen molar-refractivity contribution >= 4 is 68.6 Å². The van der Waals surface area contributed by atoms with E-state index in [1.54, 1.807) is 0 Å². The summed E-state index contributed by atoms with van der Waals surface area (Å²) in [7, 11) is 2.45. The van der Waals surface area contributed by atoms with Crippen LogP contribution < -0.4 is 21.1 Å². The SMILES string of the molecule is CC1(C)CCC(C)(C)c2cc(Nc3ccc4c(c3-c3cc5c(oc6ccccc65)c5c3[B]c3cccc6c3N5c3ccccc3C6(C)C)-c3ccccc3C4(C)C)ccc21. The fourth-order valence-electron chi connectivity index (χ4n) is 11.7. The molecule has 8 aromatic rings. The second-order valence-corrected chi connectivity index (χ2v) is 20.3. The van der Waals surface area contributed by atoms with Crippen molar-refractivity contribution in [2.75, 3.05) is 10.2 Å². The van der Waals surface area contributed by atoms with Gasteiger partial charge in [0.25, 0.3) is 0 Å². The highest BCUT2D eigenvalue weighted by Crippen LogP contribution is 2.58. The molecule has 0 amide bonds. The molecule has 7 aromatic carbocycles. The molecule has 0 atom stereocenters. The maximum atomic E-state index is 7.04. The van der Waals surface area contributed by atoms with Crippen LogP contribution >= 0.6 is 0 Å². The van der Waals surface area contributed by atoms with Crippen LogP contribution in [0.4, 0.5) is 28.4 Å². The van der Waals surface area contributed by atoms with E-state index in [0.717, 1.165) is 39.0 Å². The fraction of sp³-hybridized carbons (Fsp3) is 0.250. The molecular weight excluding hydrogens is 727 g/mol. The molecule has 0 fully saturated rings. The minimum absolute atomic E-state index is 0.0965. The molecule has 1 radical (unpaired) electrons. The maximum absolute atomic E-state index is 7.04. The van der Waals surface area contributed by atoms with Gasteiger partial charge in [0.05, 0.1) is 11.4 Å². The lowest BCUT2D eigenvalue weighted by molar-refractivity contribution is 0.332. The van der Waals surface area contributed by atoms with Gasteiger partial charge in [0.2, 0.25) is 0 Å². The summed E-state index contributed by atoms with van der Waals surface area (Å²) < 4.78 is 7.04. The number of furan rings is 1. The van der Waals surface area contributed by atoms with Crippen LogP contribution in [0.15, 0.2) is 132 Å². The van der Waals surface area contributed by atoms with Crippen LogP contribution in [0.3, 0.4) is 0 Å². The molecule has 60 heavy (non-hydrogen) atoms. The molecule has 0 unspecified atom stereocenters. The second kappa shape index (κ2) is 11.8. The van der Waals surface area contributed by atoms with Crippen LogP contribution in [0, 0.1) is 0 Å². The van der Waals surface area contributed by atoms with Crippen molar-refractivity contribution in [3.05, 3.63) is 161 Å². The summed E-state index contributed by atoms with van der Waals surface area (Å²) in [6.07, 6.45) is 2.37. The number of nitrogens with zero attached hydrogens (tertiary/aromatic N) is 1. The molecule has 0 spiro atoms. The fourth-order valence-corrected chi connectivity index (χ4v) is 11.7. The van der Waals surface area contributed by atoms with E-state index in [1.807, 2.05) is 0 Å². The van der Waals surface area contributed by atoms with Crippen molar-refractivity contribution in [1.82, 2.24) is 0 Å². The van der Waals surface area contributed by atoms with Crippen molar-refractivity contribution < 1.29 is 4.42 Å². The van der Waals surface area contributed by atoms with Crippen molar-refractivity contribution in [3.8, 4) is 22.3 Å². The second-order valence-electron chi connectivity index (χ2n) is 20.3. The van der Waals surface area contributed by atoms with Gasteiger partial charge in [0.1, 0.15) is 5.58 Å². The number of hydrogen-bond donors (Lipinski definition) is 1. The smallest absolute Gasteiger partial charge is 0.198 e. The lowest BCUT2D eigenvalue weighted by atomic mass is 9.55. The zero-order valence-electron chi connectivity index (χ0n) is 36.0. The van der Waals surface area contributed by atoms with E-state index in [4.69, 9.17) is 4.42 Å². The molecule has 0 saturated heterocycles. The predicted molar refractivity (Wildman–Crippen MR) is 254 cm³/mol. The first-order valence-corrected chi connectivity index (χ1v) is 21.8. The number of nitrogens with one attached hydrogen (secondary N) is 1. The van der Waals surface area contributed by atoms with Crippen LogP contribution in [0.1, 0.15) is 102 Å². The van der Waals surface area contributed by atoms with Gasteiger partial charge in [-0.3, -0.25) is 0 Å². The lowest BCUT2D eigenvalue weighted by Gasteiger charge is -2.45. The molecule has 1 aromatic heterocycles. The van der Waals surface area contributed by atoms with Gasteiger partial charge in [-0.1, -0.05) is 152 Å². The van der Waals surface area contributed by atoms with E-state index in [9.17, 15) is 0 Å². The number of rotatable bonds is 3. The summed E-state index contributed by atoms with van der Waals surface area (Å²) in [6, 6.07) is 47.8. The Hall–Kier alpha value is -6.00. The molecule has 4 heteroatoms. The minimum atomic E-state index is -0.181. The van der Waals surface area contributed by atoms with Gasteiger partial charge in [-0.25, -0.2) is 0 Å². The molecule has 2 aliphatic heterocycles. The minimum Gasteiger partial charge on any atom is -0.454 e. The average molecular weight is 778 g/mol. The van der Waals surface area contributed by atoms with Crippen LogP contribution in [-0.4, -0.2) is 7.28 Å². The maximum Gasteiger partial charge on any atom is 0.198 e. The van der Waals surface area contributed by atoms with E-state index in [1.165, 1.54) is 90.8 Å². The Morgan fingerprint density at radius 1 is 0.533 bits per heavy atom. The van der Waals surface area contributed by atoms with Gasteiger partial charge in [-0.2, -0.15) is 0 Å². The zero-order chi connectivity index (χ0) is 41.1. The van der Waals surface area contributed by atoms with Crippen LogP contribution in [-0.2, 0) is 21.7 Å². The van der Waals surface area contributed by atoms with Gasteiger partial charge in [0, 0.05) is 44.2 Å². The third kappa shape index (κ3) is 4.68. The number of anilines is 5. The average Bonchev–Trinajstić information content (AvgIpc) is 3.72. The lowest BCUT2D eigenvalue weighted by Crippen LogP contribution is -2.45. The molecular formula is C56H50BN2O. The molecule has 12 rings (SSSR count). The summed E-state index contributed by atoms with van der Waals surface area (Å²) in [5, 5.41) is 6.36. The van der Waals surface area contributed by atoms with E-state index in [2.05, 4.69) is 200 Å². The van der Waals surface area contributed by atoms with E-state index in [0.29, 0.717) is 0 Å². The number of fused-ring (bicyclic) bond motifs is 12. The number of hydrogen-bond acceptors (Lipinski definition) is 3. The Bertz CT molecular complexity index is 3180. The molecule has 2 aliphatic carbocycles. The topological polar surface area (TPSA) is 28.4 Å². The zero-order valence-corrected chi connectivity index (χ0v) is 36.0. The molecule has 0 bridgehead atoms. The van der Waals surface area contributed by atoms with Crippen molar-refractivity contribution in [2.24, 2.45) is 0 Å². The number of benzene rings is 7. The molecule has 293 valence electrons. The van der Waals surface area contributed by atoms with Crippen LogP contribution in [0.25, 0.3) is 44.2 Å². The van der Waals surface area contributed by atoms with Gasteiger partial charge in [0.15, 0.2) is 12.9 Å². The highest BCUT2D eigenvalue weighted by atomic mass is 16.3. The van der Waals surface area contributed by atoms with Crippen molar-refractivity contribution in [1.29, 1.82) is 0 Å². The Balaban J connectivity index is 1.20. The summed E-state index contributed by atoms with van der Waals surface area (Å²) in [4.78, 5) is 2.54. The van der Waals surface area contributed by atoms with E-state index < -0.39 is 0 Å². The molecule has 0 saturated carbocycles. The van der Waals surface area contributed by atoms with Crippen molar-refractivity contribution in [3.63, 3.8) is 0 Å².